The van der Waals surface area contributed by atoms with Crippen molar-refractivity contribution in [1.29, 1.82) is 5.26 Å². The fourth-order valence-electron chi connectivity index (χ4n) is 1.42. The second-order valence-corrected chi connectivity index (χ2v) is 3.22. The zero-order valence-electron chi connectivity index (χ0n) is 7.42. The minimum atomic E-state index is -0.0608. The van der Waals surface area contributed by atoms with Gasteiger partial charge in [-0.2, -0.15) is 5.26 Å². The van der Waals surface area contributed by atoms with Crippen LogP contribution in [0.1, 0.15) is 26.2 Å². The van der Waals surface area contributed by atoms with Crippen LogP contribution in [0.5, 0.6) is 0 Å². The Hall–Kier alpha value is -1.04. The van der Waals surface area contributed by atoms with Crippen molar-refractivity contribution in [2.75, 3.05) is 13.1 Å². The number of hydrogen-bond acceptors (Lipinski definition) is 2. The third-order valence-electron chi connectivity index (χ3n) is 2.18. The topological polar surface area (TPSA) is 44.1 Å². The van der Waals surface area contributed by atoms with E-state index in [4.69, 9.17) is 5.26 Å². The number of amides is 1. The molecule has 0 N–H and O–H groups in total. The lowest BCUT2D eigenvalue weighted by atomic mass is 10.1. The number of rotatable bonds is 3. The molecule has 1 atom stereocenters. The van der Waals surface area contributed by atoms with Gasteiger partial charge in [0.1, 0.15) is 0 Å². The monoisotopic (exact) mass is 166 g/mol. The first-order chi connectivity index (χ1) is 5.77. The Labute approximate surface area is 73.0 Å². The average molecular weight is 166 g/mol. The van der Waals surface area contributed by atoms with E-state index in [0.717, 1.165) is 19.4 Å². The molecule has 0 aromatic heterocycles. The molecule has 1 aliphatic rings. The van der Waals surface area contributed by atoms with Gasteiger partial charge in [0.05, 0.1) is 12.0 Å². The highest BCUT2D eigenvalue weighted by Gasteiger charge is 2.28. The van der Waals surface area contributed by atoms with Crippen molar-refractivity contribution in [2.45, 2.75) is 26.2 Å². The van der Waals surface area contributed by atoms with Gasteiger partial charge in [-0.05, 0) is 6.42 Å². The normalized spacial score (nSPS) is 22.8. The molecule has 1 fully saturated rings. The molecule has 1 unspecified atom stereocenters. The zero-order valence-corrected chi connectivity index (χ0v) is 7.42. The molecule has 1 saturated heterocycles. The second kappa shape index (κ2) is 4.10. The van der Waals surface area contributed by atoms with Crippen LogP contribution in [0.4, 0.5) is 0 Å². The molecule has 66 valence electrons. The van der Waals surface area contributed by atoms with E-state index in [0.29, 0.717) is 13.0 Å². The van der Waals surface area contributed by atoms with Gasteiger partial charge in [-0.25, -0.2) is 0 Å². The Balaban J connectivity index is 2.37. The van der Waals surface area contributed by atoms with E-state index in [-0.39, 0.29) is 11.8 Å². The van der Waals surface area contributed by atoms with Crippen LogP contribution in [-0.4, -0.2) is 23.9 Å². The number of likely N-dealkylation sites (tertiary alicyclic amines) is 1. The second-order valence-electron chi connectivity index (χ2n) is 3.22. The van der Waals surface area contributed by atoms with E-state index in [2.05, 4.69) is 13.0 Å². The third-order valence-corrected chi connectivity index (χ3v) is 2.18. The van der Waals surface area contributed by atoms with Crippen LogP contribution in [0.15, 0.2) is 0 Å². The Morgan fingerprint density at radius 2 is 2.50 bits per heavy atom. The van der Waals surface area contributed by atoms with Crippen LogP contribution >= 0.6 is 0 Å². The summed E-state index contributed by atoms with van der Waals surface area (Å²) in [6.45, 7) is 3.57. The SMILES string of the molecule is CCCCN1CC(C#N)CC1=O. The van der Waals surface area contributed by atoms with E-state index in [1.807, 2.05) is 0 Å². The lowest BCUT2D eigenvalue weighted by Crippen LogP contribution is -2.26. The quantitative estimate of drug-likeness (QED) is 0.631. The van der Waals surface area contributed by atoms with Crippen molar-refractivity contribution in [2.24, 2.45) is 5.92 Å². The fraction of sp³-hybridized carbons (Fsp3) is 0.778. The molecule has 3 heteroatoms. The molecule has 1 aliphatic heterocycles. The van der Waals surface area contributed by atoms with Crippen molar-refractivity contribution >= 4 is 5.91 Å². The van der Waals surface area contributed by atoms with Gasteiger partial charge in [0.2, 0.25) is 5.91 Å². The minimum Gasteiger partial charge on any atom is -0.341 e. The van der Waals surface area contributed by atoms with Crippen molar-refractivity contribution in [3.63, 3.8) is 0 Å². The number of carbonyl (C=O) groups excluding carboxylic acids is 1. The first kappa shape index (κ1) is 9.05. The molecule has 0 spiro atoms. The van der Waals surface area contributed by atoms with Crippen LogP contribution in [0.3, 0.4) is 0 Å². The molecule has 1 heterocycles. The highest BCUT2D eigenvalue weighted by molar-refractivity contribution is 5.79. The maximum atomic E-state index is 11.2. The molecule has 1 rings (SSSR count). The molecule has 0 radical (unpaired) electrons. The van der Waals surface area contributed by atoms with Crippen LogP contribution in [0.2, 0.25) is 0 Å². The summed E-state index contributed by atoms with van der Waals surface area (Å²) < 4.78 is 0. The standard InChI is InChI=1S/C9H14N2O/c1-2-3-4-11-7-8(6-10)5-9(11)12/h8H,2-5,7H2,1H3. The van der Waals surface area contributed by atoms with Crippen molar-refractivity contribution in [3.8, 4) is 6.07 Å². The van der Waals surface area contributed by atoms with E-state index >= 15 is 0 Å². The first-order valence-corrected chi connectivity index (χ1v) is 4.45. The van der Waals surface area contributed by atoms with Crippen LogP contribution in [0.25, 0.3) is 0 Å². The van der Waals surface area contributed by atoms with E-state index in [9.17, 15) is 4.79 Å². The summed E-state index contributed by atoms with van der Waals surface area (Å²) in [7, 11) is 0. The maximum Gasteiger partial charge on any atom is 0.224 e. The minimum absolute atomic E-state index is 0.0608. The Bertz CT molecular complexity index is 207. The number of nitriles is 1. The predicted octanol–water partition coefficient (Wildman–Crippen LogP) is 1.16. The Morgan fingerprint density at radius 1 is 1.75 bits per heavy atom. The van der Waals surface area contributed by atoms with Crippen molar-refractivity contribution in [1.82, 2.24) is 4.90 Å². The summed E-state index contributed by atoms with van der Waals surface area (Å²) in [5.74, 6) is 0.0874. The number of hydrogen-bond donors (Lipinski definition) is 0. The zero-order chi connectivity index (χ0) is 8.97. The molecule has 0 bridgehead atoms. The molecular formula is C9H14N2O. The highest BCUT2D eigenvalue weighted by atomic mass is 16.2. The molecule has 1 amide bonds. The number of unbranched alkanes of at least 4 members (excludes halogenated alkanes) is 1. The molecule has 0 aromatic rings. The molecule has 0 aliphatic carbocycles. The van der Waals surface area contributed by atoms with Gasteiger partial charge in [-0.1, -0.05) is 13.3 Å². The molecular weight excluding hydrogens is 152 g/mol. The largest absolute Gasteiger partial charge is 0.341 e. The van der Waals surface area contributed by atoms with Crippen LogP contribution < -0.4 is 0 Å². The van der Waals surface area contributed by atoms with Gasteiger partial charge in [-0.3, -0.25) is 4.79 Å². The van der Waals surface area contributed by atoms with Gasteiger partial charge in [0.25, 0.3) is 0 Å². The number of nitrogens with zero attached hydrogens (tertiary/aromatic N) is 2. The van der Waals surface area contributed by atoms with Gasteiger partial charge in [0.15, 0.2) is 0 Å². The summed E-state index contributed by atoms with van der Waals surface area (Å²) in [5.41, 5.74) is 0. The predicted molar refractivity (Wildman–Crippen MR) is 45.2 cm³/mol. The first-order valence-electron chi connectivity index (χ1n) is 4.45. The summed E-state index contributed by atoms with van der Waals surface area (Å²) in [6, 6.07) is 2.14. The Kier molecular flexibility index (Phi) is 3.09. The smallest absolute Gasteiger partial charge is 0.224 e. The third kappa shape index (κ3) is 1.97. The van der Waals surface area contributed by atoms with Gasteiger partial charge in [-0.15, -0.1) is 0 Å². The summed E-state index contributed by atoms with van der Waals surface area (Å²) in [6.07, 6.45) is 2.57. The van der Waals surface area contributed by atoms with Crippen LogP contribution in [0, 0.1) is 17.2 Å². The molecule has 0 aromatic carbocycles. The Morgan fingerprint density at radius 3 is 3.00 bits per heavy atom. The lowest BCUT2D eigenvalue weighted by Gasteiger charge is -2.14. The van der Waals surface area contributed by atoms with E-state index in [1.165, 1.54) is 0 Å². The van der Waals surface area contributed by atoms with Crippen molar-refractivity contribution in [3.05, 3.63) is 0 Å². The van der Waals surface area contributed by atoms with E-state index < -0.39 is 0 Å². The fourth-order valence-corrected chi connectivity index (χ4v) is 1.42. The van der Waals surface area contributed by atoms with Gasteiger partial charge in [0, 0.05) is 19.5 Å². The van der Waals surface area contributed by atoms with Crippen molar-refractivity contribution < 1.29 is 4.79 Å². The van der Waals surface area contributed by atoms with Crippen LogP contribution in [-0.2, 0) is 4.79 Å². The summed E-state index contributed by atoms with van der Waals surface area (Å²) in [5, 5.41) is 8.60. The summed E-state index contributed by atoms with van der Waals surface area (Å²) >= 11 is 0. The highest BCUT2D eigenvalue weighted by Crippen LogP contribution is 2.16. The van der Waals surface area contributed by atoms with Gasteiger partial charge < -0.3 is 4.90 Å². The maximum absolute atomic E-state index is 11.2. The average Bonchev–Trinajstić information content (AvgIpc) is 2.43. The molecule has 3 nitrogen and oxygen atoms in total. The summed E-state index contributed by atoms with van der Waals surface area (Å²) in [4.78, 5) is 13.0. The molecule has 12 heavy (non-hydrogen) atoms. The van der Waals surface area contributed by atoms with E-state index in [1.54, 1.807) is 4.90 Å². The molecule has 0 saturated carbocycles. The van der Waals surface area contributed by atoms with Gasteiger partial charge >= 0.3 is 0 Å². The lowest BCUT2D eigenvalue weighted by molar-refractivity contribution is -0.127. The number of carbonyl (C=O) groups is 1.